The fraction of sp³-hybridized carbons (Fsp3) is 0.150. The smallest absolute Gasteiger partial charge is 0.189 e. The highest BCUT2D eigenvalue weighted by Crippen LogP contribution is 2.36. The van der Waals surface area contributed by atoms with Crippen LogP contribution in [0.25, 0.3) is 11.3 Å². The Morgan fingerprint density at radius 3 is 2.46 bits per heavy atom. The molecule has 1 N–H and O–H groups in total. The first-order valence-electron chi connectivity index (χ1n) is 8.21. The highest BCUT2D eigenvalue weighted by molar-refractivity contribution is 7.98. The van der Waals surface area contributed by atoms with Crippen LogP contribution >= 0.6 is 23.4 Å². The van der Waals surface area contributed by atoms with Gasteiger partial charge in [-0.15, -0.1) is 0 Å². The van der Waals surface area contributed by atoms with Crippen molar-refractivity contribution in [3.05, 3.63) is 53.1 Å². The minimum absolute atomic E-state index is 0.310. The van der Waals surface area contributed by atoms with Crippen LogP contribution in [-0.2, 0) is 0 Å². The Hall–Kier alpha value is -2.95. The van der Waals surface area contributed by atoms with Crippen LogP contribution in [0.2, 0.25) is 5.02 Å². The van der Waals surface area contributed by atoms with Crippen LogP contribution in [0.3, 0.4) is 0 Å². The lowest BCUT2D eigenvalue weighted by atomic mass is 10.1. The lowest BCUT2D eigenvalue weighted by Gasteiger charge is -2.14. The first-order valence-corrected chi connectivity index (χ1v) is 9.81. The van der Waals surface area contributed by atoms with Crippen molar-refractivity contribution in [2.75, 3.05) is 25.8 Å². The predicted molar refractivity (Wildman–Crippen MR) is 112 cm³/mol. The van der Waals surface area contributed by atoms with E-state index in [-0.39, 0.29) is 0 Å². The standard InChI is InChI=1S/C20H17ClN4O2S/c1-26-16-9-8-12(10-17(16)27-2)18-13(11-22)19(25-20(24-18)28-3)23-15-7-5-4-6-14(15)21/h4-10H,1-3H3,(H,23,24,25). The zero-order valence-electron chi connectivity index (χ0n) is 15.5. The van der Waals surface area contributed by atoms with Crippen molar-refractivity contribution in [2.24, 2.45) is 0 Å². The van der Waals surface area contributed by atoms with E-state index >= 15 is 0 Å². The van der Waals surface area contributed by atoms with Gasteiger partial charge in [0, 0.05) is 5.56 Å². The number of hydrogen-bond acceptors (Lipinski definition) is 7. The average Bonchev–Trinajstić information content (AvgIpc) is 2.74. The van der Waals surface area contributed by atoms with E-state index in [1.165, 1.54) is 11.8 Å². The zero-order valence-corrected chi connectivity index (χ0v) is 17.1. The highest BCUT2D eigenvalue weighted by Gasteiger charge is 2.18. The summed E-state index contributed by atoms with van der Waals surface area (Å²) in [6.07, 6.45) is 1.87. The molecule has 0 radical (unpaired) electrons. The Labute approximate surface area is 172 Å². The SMILES string of the molecule is COc1ccc(-c2nc(SC)nc(Nc3ccccc3Cl)c2C#N)cc1OC. The van der Waals surface area contributed by atoms with Crippen LogP contribution < -0.4 is 14.8 Å². The maximum Gasteiger partial charge on any atom is 0.189 e. The third-order valence-corrected chi connectivity index (χ3v) is 4.84. The number of ether oxygens (including phenoxy) is 2. The van der Waals surface area contributed by atoms with Crippen LogP contribution in [0.1, 0.15) is 5.56 Å². The first kappa shape index (κ1) is 19.8. The summed E-state index contributed by atoms with van der Waals surface area (Å²) in [5.41, 5.74) is 2.18. The van der Waals surface area contributed by atoms with Gasteiger partial charge >= 0.3 is 0 Å². The largest absolute Gasteiger partial charge is 0.493 e. The lowest BCUT2D eigenvalue weighted by Crippen LogP contribution is -2.04. The van der Waals surface area contributed by atoms with Gasteiger partial charge in [-0.3, -0.25) is 0 Å². The van der Waals surface area contributed by atoms with Gasteiger partial charge in [0.2, 0.25) is 0 Å². The molecular weight excluding hydrogens is 396 g/mol. The zero-order chi connectivity index (χ0) is 20.1. The number of methoxy groups -OCH3 is 2. The minimum Gasteiger partial charge on any atom is -0.493 e. The molecule has 3 rings (SSSR count). The monoisotopic (exact) mass is 412 g/mol. The van der Waals surface area contributed by atoms with Gasteiger partial charge in [0.25, 0.3) is 0 Å². The average molecular weight is 413 g/mol. The molecule has 0 aliphatic rings. The quantitative estimate of drug-likeness (QED) is 0.442. The summed E-state index contributed by atoms with van der Waals surface area (Å²) in [4.78, 5) is 9.01. The van der Waals surface area contributed by atoms with Gasteiger partial charge in [0.05, 0.1) is 30.6 Å². The molecule has 0 spiro atoms. The molecule has 0 aliphatic heterocycles. The van der Waals surface area contributed by atoms with Gasteiger partial charge in [0.15, 0.2) is 22.5 Å². The van der Waals surface area contributed by atoms with Crippen molar-refractivity contribution in [1.29, 1.82) is 5.26 Å². The van der Waals surface area contributed by atoms with Crippen LogP contribution in [0.4, 0.5) is 11.5 Å². The number of para-hydroxylation sites is 1. The molecular formula is C20H17ClN4O2S. The Morgan fingerprint density at radius 2 is 1.82 bits per heavy atom. The van der Waals surface area contributed by atoms with Crippen LogP contribution in [0, 0.1) is 11.3 Å². The summed E-state index contributed by atoms with van der Waals surface area (Å²) < 4.78 is 10.7. The van der Waals surface area contributed by atoms with E-state index in [0.717, 1.165) is 0 Å². The molecule has 6 nitrogen and oxygen atoms in total. The minimum atomic E-state index is 0.310. The number of hydrogen-bond donors (Lipinski definition) is 1. The van der Waals surface area contributed by atoms with Gasteiger partial charge in [-0.2, -0.15) is 5.26 Å². The molecule has 0 amide bonds. The number of nitriles is 1. The van der Waals surface area contributed by atoms with E-state index in [1.807, 2.05) is 30.5 Å². The number of thioether (sulfide) groups is 1. The van der Waals surface area contributed by atoms with E-state index in [9.17, 15) is 5.26 Å². The summed E-state index contributed by atoms with van der Waals surface area (Å²) in [5, 5.41) is 14.0. The van der Waals surface area contributed by atoms with E-state index in [2.05, 4.69) is 21.4 Å². The van der Waals surface area contributed by atoms with Gasteiger partial charge < -0.3 is 14.8 Å². The van der Waals surface area contributed by atoms with Crippen LogP contribution in [-0.4, -0.2) is 30.4 Å². The van der Waals surface area contributed by atoms with E-state index < -0.39 is 0 Å². The van der Waals surface area contributed by atoms with Crippen molar-refractivity contribution in [3.63, 3.8) is 0 Å². The molecule has 0 atom stereocenters. The molecule has 1 aromatic heterocycles. The second-order valence-electron chi connectivity index (χ2n) is 5.57. The van der Waals surface area contributed by atoms with Crippen molar-refractivity contribution in [2.45, 2.75) is 5.16 Å². The summed E-state index contributed by atoms with van der Waals surface area (Å²) in [7, 11) is 3.13. The molecule has 2 aromatic carbocycles. The molecule has 28 heavy (non-hydrogen) atoms. The number of nitrogens with one attached hydrogen (secondary N) is 1. The predicted octanol–water partition coefficient (Wildman–Crippen LogP) is 5.15. The maximum absolute atomic E-state index is 9.83. The van der Waals surface area contributed by atoms with Crippen molar-refractivity contribution in [1.82, 2.24) is 9.97 Å². The first-order chi connectivity index (χ1) is 13.6. The maximum atomic E-state index is 9.83. The molecule has 0 bridgehead atoms. The van der Waals surface area contributed by atoms with Gasteiger partial charge in [0.1, 0.15) is 11.6 Å². The second kappa shape index (κ2) is 8.83. The Kier molecular flexibility index (Phi) is 6.24. The molecule has 0 aliphatic carbocycles. The highest BCUT2D eigenvalue weighted by atomic mass is 35.5. The number of rotatable bonds is 6. The van der Waals surface area contributed by atoms with Crippen molar-refractivity contribution < 1.29 is 9.47 Å². The molecule has 0 saturated carbocycles. The van der Waals surface area contributed by atoms with Crippen molar-refractivity contribution >= 4 is 34.9 Å². The Bertz CT molecular complexity index is 1050. The third-order valence-electron chi connectivity index (χ3n) is 3.97. The van der Waals surface area contributed by atoms with Crippen LogP contribution in [0.5, 0.6) is 11.5 Å². The Morgan fingerprint density at radius 1 is 1.07 bits per heavy atom. The third kappa shape index (κ3) is 3.98. The molecule has 1 heterocycles. The van der Waals surface area contributed by atoms with Gasteiger partial charge in [-0.25, -0.2) is 9.97 Å². The number of nitrogens with zero attached hydrogens (tertiary/aromatic N) is 3. The summed E-state index contributed by atoms with van der Waals surface area (Å²) in [6.45, 7) is 0. The summed E-state index contributed by atoms with van der Waals surface area (Å²) in [6, 6.07) is 14.9. The van der Waals surface area contributed by atoms with E-state index in [4.69, 9.17) is 21.1 Å². The van der Waals surface area contributed by atoms with Gasteiger partial charge in [-0.1, -0.05) is 35.5 Å². The number of benzene rings is 2. The normalized spacial score (nSPS) is 10.2. The molecule has 142 valence electrons. The Balaban J connectivity index is 2.17. The summed E-state index contributed by atoms with van der Waals surface area (Å²) in [5.74, 6) is 1.53. The number of anilines is 2. The van der Waals surface area contributed by atoms with E-state index in [1.54, 1.807) is 32.4 Å². The summed E-state index contributed by atoms with van der Waals surface area (Å²) >= 11 is 7.63. The molecule has 3 aromatic rings. The molecule has 0 unspecified atom stereocenters. The molecule has 0 saturated heterocycles. The number of halogens is 1. The van der Waals surface area contributed by atoms with Crippen LogP contribution in [0.15, 0.2) is 47.6 Å². The topological polar surface area (TPSA) is 80.1 Å². The molecule has 8 heteroatoms. The van der Waals surface area contributed by atoms with Crippen molar-refractivity contribution in [3.8, 4) is 28.8 Å². The lowest BCUT2D eigenvalue weighted by molar-refractivity contribution is 0.355. The second-order valence-corrected chi connectivity index (χ2v) is 6.75. The fourth-order valence-corrected chi connectivity index (χ4v) is 3.16. The number of aromatic nitrogens is 2. The van der Waals surface area contributed by atoms with E-state index in [0.29, 0.717) is 50.0 Å². The molecule has 0 fully saturated rings. The fourth-order valence-electron chi connectivity index (χ4n) is 2.61. The van der Waals surface area contributed by atoms with Gasteiger partial charge in [-0.05, 0) is 36.6 Å².